The molecule has 0 radical (unpaired) electrons. The zero-order valence-corrected chi connectivity index (χ0v) is 19.4. The van der Waals surface area contributed by atoms with Crippen LogP contribution in [0.2, 0.25) is 0 Å². The van der Waals surface area contributed by atoms with E-state index in [1.54, 1.807) is 24.3 Å². The number of ether oxygens (including phenoxy) is 4. The van der Waals surface area contributed by atoms with E-state index in [-0.39, 0.29) is 23.7 Å². The van der Waals surface area contributed by atoms with Crippen molar-refractivity contribution >= 4 is 23.5 Å². The molecular formula is C26H26N2O7. The zero-order valence-electron chi connectivity index (χ0n) is 19.4. The van der Waals surface area contributed by atoms with E-state index in [2.05, 4.69) is 10.6 Å². The molecule has 9 heteroatoms. The molecule has 3 aromatic carbocycles. The molecule has 0 aliphatic rings. The lowest BCUT2D eigenvalue weighted by atomic mass is 10.2. The van der Waals surface area contributed by atoms with E-state index in [0.29, 0.717) is 18.0 Å². The molecule has 3 rings (SSSR count). The number of carbonyl (C=O) groups is 3. The number of esters is 1. The maximum Gasteiger partial charge on any atom is 0.338 e. The second kappa shape index (κ2) is 12.6. The highest BCUT2D eigenvalue weighted by atomic mass is 16.5. The highest BCUT2D eigenvalue weighted by Crippen LogP contribution is 2.29. The van der Waals surface area contributed by atoms with Crippen molar-refractivity contribution in [1.29, 1.82) is 0 Å². The number of amides is 2. The highest BCUT2D eigenvalue weighted by Gasteiger charge is 2.15. The summed E-state index contributed by atoms with van der Waals surface area (Å²) < 4.78 is 21.1. The number of carbonyl (C=O) groups excluding carboxylic acids is 3. The fourth-order valence-electron chi connectivity index (χ4n) is 3.05. The van der Waals surface area contributed by atoms with Crippen molar-refractivity contribution in [3.8, 4) is 17.2 Å². The molecule has 3 aromatic rings. The van der Waals surface area contributed by atoms with Crippen molar-refractivity contribution in [1.82, 2.24) is 5.32 Å². The SMILES string of the molecule is COc1ccccc1NC(=O)COc1ccc(C(=O)OCC(=O)NCc2ccccc2)cc1OC. The first-order valence-electron chi connectivity index (χ1n) is 10.7. The lowest BCUT2D eigenvalue weighted by Crippen LogP contribution is -2.28. The van der Waals surface area contributed by atoms with Crippen molar-refractivity contribution < 1.29 is 33.3 Å². The molecule has 0 unspecified atom stereocenters. The van der Waals surface area contributed by atoms with Gasteiger partial charge in [-0.15, -0.1) is 0 Å². The van der Waals surface area contributed by atoms with Gasteiger partial charge in [0.1, 0.15) is 5.75 Å². The van der Waals surface area contributed by atoms with Crippen molar-refractivity contribution in [2.45, 2.75) is 6.54 Å². The van der Waals surface area contributed by atoms with Crippen molar-refractivity contribution in [3.05, 3.63) is 83.9 Å². The van der Waals surface area contributed by atoms with Crippen LogP contribution < -0.4 is 24.8 Å². The molecule has 2 N–H and O–H groups in total. The van der Waals surface area contributed by atoms with Crippen molar-refractivity contribution in [3.63, 3.8) is 0 Å². The summed E-state index contributed by atoms with van der Waals surface area (Å²) in [7, 11) is 2.92. The topological polar surface area (TPSA) is 112 Å². The molecule has 0 bridgehead atoms. The Hall–Kier alpha value is -4.53. The average molecular weight is 479 g/mol. The van der Waals surface area contributed by atoms with Gasteiger partial charge in [0.05, 0.1) is 25.5 Å². The number of rotatable bonds is 11. The van der Waals surface area contributed by atoms with E-state index in [1.807, 2.05) is 30.3 Å². The van der Waals surface area contributed by atoms with E-state index in [4.69, 9.17) is 18.9 Å². The molecule has 0 saturated carbocycles. The zero-order chi connectivity index (χ0) is 25.0. The first-order chi connectivity index (χ1) is 17.0. The molecule has 182 valence electrons. The molecule has 9 nitrogen and oxygen atoms in total. The predicted octanol–water partition coefficient (Wildman–Crippen LogP) is 3.19. The van der Waals surface area contributed by atoms with Crippen LogP contribution in [0.5, 0.6) is 17.2 Å². The second-order valence-corrected chi connectivity index (χ2v) is 7.24. The molecule has 2 amide bonds. The summed E-state index contributed by atoms with van der Waals surface area (Å²) in [6, 6.07) is 20.7. The van der Waals surface area contributed by atoms with E-state index in [1.165, 1.54) is 32.4 Å². The Morgan fingerprint density at radius 2 is 1.46 bits per heavy atom. The van der Waals surface area contributed by atoms with Gasteiger partial charge in [0.2, 0.25) is 0 Å². The summed E-state index contributed by atoms with van der Waals surface area (Å²) in [4.78, 5) is 36.6. The van der Waals surface area contributed by atoms with Gasteiger partial charge in [0.25, 0.3) is 11.8 Å². The maximum atomic E-state index is 12.4. The van der Waals surface area contributed by atoms with Crippen LogP contribution in [-0.2, 0) is 20.9 Å². The number of hydrogen-bond acceptors (Lipinski definition) is 7. The van der Waals surface area contributed by atoms with Crippen LogP contribution in [0, 0.1) is 0 Å². The summed E-state index contributed by atoms with van der Waals surface area (Å²) >= 11 is 0. The van der Waals surface area contributed by atoms with E-state index in [9.17, 15) is 14.4 Å². The molecule has 0 fully saturated rings. The molecule has 0 aliphatic heterocycles. The number of anilines is 1. The Morgan fingerprint density at radius 3 is 2.20 bits per heavy atom. The average Bonchev–Trinajstić information content (AvgIpc) is 2.90. The molecule has 0 spiro atoms. The van der Waals surface area contributed by atoms with Gasteiger partial charge in [-0.3, -0.25) is 9.59 Å². The van der Waals surface area contributed by atoms with Crippen molar-refractivity contribution in [2.75, 3.05) is 32.8 Å². The second-order valence-electron chi connectivity index (χ2n) is 7.24. The standard InChI is InChI=1S/C26H26N2O7/c1-32-21-11-7-6-10-20(21)28-25(30)17-34-22-13-12-19(14-23(22)33-2)26(31)35-16-24(29)27-15-18-8-4-3-5-9-18/h3-14H,15-17H2,1-2H3,(H,27,29)(H,28,30). The Morgan fingerprint density at radius 1 is 0.743 bits per heavy atom. The third-order valence-electron chi connectivity index (χ3n) is 4.81. The molecular weight excluding hydrogens is 452 g/mol. The lowest BCUT2D eigenvalue weighted by Gasteiger charge is -2.13. The Kier molecular flexibility index (Phi) is 9.07. The Bertz CT molecular complexity index is 1170. The van der Waals surface area contributed by atoms with Crippen LogP contribution in [-0.4, -0.2) is 45.2 Å². The van der Waals surface area contributed by atoms with E-state index >= 15 is 0 Å². The highest BCUT2D eigenvalue weighted by molar-refractivity contribution is 5.94. The van der Waals surface area contributed by atoms with Gasteiger partial charge in [-0.1, -0.05) is 42.5 Å². The maximum absolute atomic E-state index is 12.4. The summed E-state index contributed by atoms with van der Waals surface area (Å²) in [5.74, 6) is -0.497. The van der Waals surface area contributed by atoms with E-state index in [0.717, 1.165) is 5.56 Å². The van der Waals surface area contributed by atoms with Gasteiger partial charge in [-0.2, -0.15) is 0 Å². The van der Waals surface area contributed by atoms with Crippen LogP contribution in [0.3, 0.4) is 0 Å². The summed E-state index contributed by atoms with van der Waals surface area (Å²) in [5, 5.41) is 5.39. The third kappa shape index (κ3) is 7.50. The number of methoxy groups -OCH3 is 2. The largest absolute Gasteiger partial charge is 0.495 e. The van der Waals surface area contributed by atoms with Gasteiger partial charge in [0, 0.05) is 6.54 Å². The molecule has 0 heterocycles. The predicted molar refractivity (Wildman–Crippen MR) is 129 cm³/mol. The smallest absolute Gasteiger partial charge is 0.338 e. The van der Waals surface area contributed by atoms with Crippen LogP contribution in [0.1, 0.15) is 15.9 Å². The molecule has 0 aromatic heterocycles. The summed E-state index contributed by atoms with van der Waals surface area (Å²) in [6.07, 6.45) is 0. The molecule has 0 saturated heterocycles. The van der Waals surface area contributed by atoms with Crippen LogP contribution >= 0.6 is 0 Å². The Labute approximate surface area is 203 Å². The summed E-state index contributed by atoms with van der Waals surface area (Å²) in [6.45, 7) is -0.378. The third-order valence-corrected chi connectivity index (χ3v) is 4.81. The number of para-hydroxylation sites is 2. The number of hydrogen-bond donors (Lipinski definition) is 2. The van der Waals surface area contributed by atoms with Crippen LogP contribution in [0.25, 0.3) is 0 Å². The van der Waals surface area contributed by atoms with Gasteiger partial charge in [-0.05, 0) is 35.9 Å². The van der Waals surface area contributed by atoms with Gasteiger partial charge in [0.15, 0.2) is 24.7 Å². The first kappa shape index (κ1) is 25.1. The van der Waals surface area contributed by atoms with Crippen LogP contribution in [0.15, 0.2) is 72.8 Å². The number of nitrogens with one attached hydrogen (secondary N) is 2. The lowest BCUT2D eigenvalue weighted by molar-refractivity contribution is -0.124. The monoisotopic (exact) mass is 478 g/mol. The fraction of sp³-hybridized carbons (Fsp3) is 0.192. The minimum atomic E-state index is -0.696. The first-order valence-corrected chi connectivity index (χ1v) is 10.7. The Balaban J connectivity index is 1.50. The molecule has 35 heavy (non-hydrogen) atoms. The van der Waals surface area contributed by atoms with Gasteiger partial charge >= 0.3 is 5.97 Å². The quantitative estimate of drug-likeness (QED) is 0.407. The summed E-state index contributed by atoms with van der Waals surface area (Å²) in [5.41, 5.74) is 1.62. The minimum Gasteiger partial charge on any atom is -0.495 e. The fourth-order valence-corrected chi connectivity index (χ4v) is 3.05. The number of benzene rings is 3. The minimum absolute atomic E-state index is 0.170. The van der Waals surface area contributed by atoms with Gasteiger partial charge < -0.3 is 29.6 Å². The van der Waals surface area contributed by atoms with Crippen molar-refractivity contribution in [2.24, 2.45) is 0 Å². The molecule has 0 atom stereocenters. The van der Waals surface area contributed by atoms with Crippen LogP contribution in [0.4, 0.5) is 5.69 Å². The van der Waals surface area contributed by atoms with Gasteiger partial charge in [-0.25, -0.2) is 4.79 Å². The molecule has 0 aliphatic carbocycles. The normalized spacial score (nSPS) is 10.1. The van der Waals surface area contributed by atoms with E-state index < -0.39 is 24.4 Å².